The Morgan fingerprint density at radius 3 is 2.85 bits per heavy atom. The number of para-hydroxylation sites is 1. The molecule has 2 fully saturated rings. The minimum absolute atomic E-state index is 0. The molecule has 1 atom stereocenters. The number of benzene rings is 1. The third-order valence-corrected chi connectivity index (χ3v) is 5.02. The summed E-state index contributed by atoms with van der Waals surface area (Å²) in [4.78, 5) is 7.41. The van der Waals surface area contributed by atoms with Crippen LogP contribution in [-0.2, 0) is 6.54 Å². The molecule has 1 aromatic carbocycles. The maximum absolute atomic E-state index is 5.73. The van der Waals surface area contributed by atoms with Crippen LogP contribution in [0.15, 0.2) is 41.9 Å². The van der Waals surface area contributed by atoms with E-state index < -0.39 is 0 Å². The summed E-state index contributed by atoms with van der Waals surface area (Å²) in [6, 6.07) is 8.95. The molecule has 1 aliphatic carbocycles. The molecule has 0 aromatic heterocycles. The van der Waals surface area contributed by atoms with Gasteiger partial charge in [-0.05, 0) is 44.7 Å². The van der Waals surface area contributed by atoms with Crippen LogP contribution >= 0.6 is 24.0 Å². The highest BCUT2D eigenvalue weighted by Crippen LogP contribution is 2.31. The number of rotatable bonds is 9. The highest BCUT2D eigenvalue weighted by Gasteiger charge is 2.34. The molecule has 1 heterocycles. The SMILES string of the molecule is C=CCOc1ccccc1CN=C(NCC)NCC1CCN(C2CC2)C1.I. The Morgan fingerprint density at radius 1 is 1.30 bits per heavy atom. The standard InChI is InChI=1S/C21H32N4O.HI/c1-3-13-26-20-8-6-5-7-18(20)15-24-21(22-4-2)23-14-17-11-12-25(16-17)19-9-10-19;/h3,5-8,17,19H,1,4,9-16H2,2H3,(H2,22,23,24);1H. The molecule has 0 amide bonds. The third kappa shape index (κ3) is 6.99. The number of guanidine groups is 1. The Labute approximate surface area is 180 Å². The van der Waals surface area contributed by atoms with Gasteiger partial charge in [-0.2, -0.15) is 0 Å². The number of likely N-dealkylation sites (tertiary alicyclic amines) is 1. The lowest BCUT2D eigenvalue weighted by Gasteiger charge is -2.17. The number of nitrogens with zero attached hydrogens (tertiary/aromatic N) is 2. The topological polar surface area (TPSA) is 48.9 Å². The molecule has 2 N–H and O–H groups in total. The van der Waals surface area contributed by atoms with Gasteiger partial charge < -0.3 is 20.3 Å². The molecular weight excluding hydrogens is 451 g/mol. The van der Waals surface area contributed by atoms with Crippen molar-refractivity contribution < 1.29 is 4.74 Å². The lowest BCUT2D eigenvalue weighted by Crippen LogP contribution is -2.40. The van der Waals surface area contributed by atoms with Crippen molar-refractivity contribution in [3.05, 3.63) is 42.5 Å². The second-order valence-corrected chi connectivity index (χ2v) is 7.16. The first-order chi connectivity index (χ1) is 12.8. The van der Waals surface area contributed by atoms with E-state index in [0.29, 0.717) is 13.2 Å². The van der Waals surface area contributed by atoms with Gasteiger partial charge >= 0.3 is 0 Å². The monoisotopic (exact) mass is 484 g/mol. The number of ether oxygens (including phenoxy) is 1. The zero-order chi connectivity index (χ0) is 18.2. The fourth-order valence-electron chi connectivity index (χ4n) is 3.47. The zero-order valence-corrected chi connectivity index (χ0v) is 18.7. The summed E-state index contributed by atoms with van der Waals surface area (Å²) in [5.41, 5.74) is 1.09. The van der Waals surface area contributed by atoms with Crippen LogP contribution in [0, 0.1) is 5.92 Å². The van der Waals surface area contributed by atoms with Crippen molar-refractivity contribution in [2.45, 2.75) is 38.8 Å². The molecule has 3 rings (SSSR count). The summed E-state index contributed by atoms with van der Waals surface area (Å²) in [5, 5.41) is 6.88. The van der Waals surface area contributed by atoms with Crippen molar-refractivity contribution in [3.63, 3.8) is 0 Å². The van der Waals surface area contributed by atoms with Crippen LogP contribution in [0.1, 0.15) is 31.7 Å². The first kappa shape index (κ1) is 22.0. The predicted octanol–water partition coefficient (Wildman–Crippen LogP) is 3.41. The fourth-order valence-corrected chi connectivity index (χ4v) is 3.47. The second-order valence-electron chi connectivity index (χ2n) is 7.16. The Hall–Kier alpha value is -1.28. The number of nitrogens with one attached hydrogen (secondary N) is 2. The van der Waals surface area contributed by atoms with Crippen LogP contribution in [0.5, 0.6) is 5.75 Å². The van der Waals surface area contributed by atoms with Crippen molar-refractivity contribution in [3.8, 4) is 5.75 Å². The molecule has 0 bridgehead atoms. The molecule has 5 nitrogen and oxygen atoms in total. The van der Waals surface area contributed by atoms with Crippen molar-refractivity contribution in [2.24, 2.45) is 10.9 Å². The van der Waals surface area contributed by atoms with Crippen molar-refractivity contribution in [1.29, 1.82) is 0 Å². The summed E-state index contributed by atoms with van der Waals surface area (Å²) in [6.07, 6.45) is 5.86. The molecule has 0 radical (unpaired) electrons. The molecule has 2 aliphatic rings. The normalized spacial score (nSPS) is 20.0. The van der Waals surface area contributed by atoms with Gasteiger partial charge in [0.1, 0.15) is 12.4 Å². The zero-order valence-electron chi connectivity index (χ0n) is 16.3. The van der Waals surface area contributed by atoms with Crippen LogP contribution in [0.2, 0.25) is 0 Å². The van der Waals surface area contributed by atoms with Gasteiger partial charge in [0.25, 0.3) is 0 Å². The quantitative estimate of drug-likeness (QED) is 0.244. The van der Waals surface area contributed by atoms with Crippen molar-refractivity contribution >= 4 is 29.9 Å². The molecule has 1 aliphatic heterocycles. The highest BCUT2D eigenvalue weighted by atomic mass is 127. The summed E-state index contributed by atoms with van der Waals surface area (Å²) >= 11 is 0. The third-order valence-electron chi connectivity index (χ3n) is 5.02. The van der Waals surface area contributed by atoms with E-state index in [4.69, 9.17) is 9.73 Å². The molecule has 150 valence electrons. The summed E-state index contributed by atoms with van der Waals surface area (Å²) in [5.74, 6) is 2.49. The van der Waals surface area contributed by atoms with Gasteiger partial charge in [0.05, 0.1) is 6.54 Å². The predicted molar refractivity (Wildman–Crippen MR) is 123 cm³/mol. The van der Waals surface area contributed by atoms with Gasteiger partial charge in [-0.3, -0.25) is 0 Å². The maximum Gasteiger partial charge on any atom is 0.191 e. The van der Waals surface area contributed by atoms with Crippen LogP contribution in [0.3, 0.4) is 0 Å². The van der Waals surface area contributed by atoms with E-state index in [1.54, 1.807) is 6.08 Å². The van der Waals surface area contributed by atoms with Gasteiger partial charge in [-0.1, -0.05) is 30.9 Å². The average Bonchev–Trinajstić information content (AvgIpc) is 3.41. The Balaban J connectivity index is 0.00000261. The van der Waals surface area contributed by atoms with Crippen LogP contribution in [0.4, 0.5) is 0 Å². The highest BCUT2D eigenvalue weighted by molar-refractivity contribution is 14.0. The second kappa shape index (κ2) is 11.5. The number of aliphatic imine (C=N–C) groups is 1. The molecule has 1 aromatic rings. The van der Waals surface area contributed by atoms with E-state index in [9.17, 15) is 0 Å². The number of hydrogen-bond donors (Lipinski definition) is 2. The van der Waals surface area contributed by atoms with Crippen LogP contribution < -0.4 is 15.4 Å². The first-order valence-electron chi connectivity index (χ1n) is 9.88. The minimum atomic E-state index is 0. The molecule has 1 saturated carbocycles. The van der Waals surface area contributed by atoms with Gasteiger partial charge in [-0.25, -0.2) is 4.99 Å². The number of hydrogen-bond acceptors (Lipinski definition) is 3. The Kier molecular flexibility index (Phi) is 9.41. The van der Waals surface area contributed by atoms with Crippen LogP contribution in [-0.4, -0.2) is 49.7 Å². The molecule has 0 spiro atoms. The van der Waals surface area contributed by atoms with E-state index >= 15 is 0 Å². The van der Waals surface area contributed by atoms with Crippen molar-refractivity contribution in [2.75, 3.05) is 32.8 Å². The van der Waals surface area contributed by atoms with E-state index in [1.807, 2.05) is 18.2 Å². The van der Waals surface area contributed by atoms with E-state index in [-0.39, 0.29) is 24.0 Å². The van der Waals surface area contributed by atoms with Gasteiger partial charge in [-0.15, -0.1) is 24.0 Å². The lowest BCUT2D eigenvalue weighted by atomic mass is 10.1. The maximum atomic E-state index is 5.73. The Bertz CT molecular complexity index is 618. The summed E-state index contributed by atoms with van der Waals surface area (Å²) < 4.78 is 5.73. The number of halogens is 1. The minimum Gasteiger partial charge on any atom is -0.489 e. The van der Waals surface area contributed by atoms with Gasteiger partial charge in [0.15, 0.2) is 5.96 Å². The fraction of sp³-hybridized carbons (Fsp3) is 0.571. The molecule has 27 heavy (non-hydrogen) atoms. The van der Waals surface area contributed by atoms with E-state index in [0.717, 1.165) is 42.3 Å². The summed E-state index contributed by atoms with van der Waals surface area (Å²) in [7, 11) is 0. The average molecular weight is 484 g/mol. The molecular formula is C21H33IN4O. The van der Waals surface area contributed by atoms with E-state index in [2.05, 4.69) is 35.1 Å². The van der Waals surface area contributed by atoms with Crippen LogP contribution in [0.25, 0.3) is 0 Å². The van der Waals surface area contributed by atoms with Gasteiger partial charge in [0.2, 0.25) is 0 Å². The molecule has 1 saturated heterocycles. The van der Waals surface area contributed by atoms with E-state index in [1.165, 1.54) is 32.4 Å². The summed E-state index contributed by atoms with van der Waals surface area (Å²) in [6.45, 7) is 11.3. The smallest absolute Gasteiger partial charge is 0.191 e. The van der Waals surface area contributed by atoms with Crippen molar-refractivity contribution in [1.82, 2.24) is 15.5 Å². The largest absolute Gasteiger partial charge is 0.489 e. The Morgan fingerprint density at radius 2 is 2.11 bits per heavy atom. The van der Waals surface area contributed by atoms with Gasteiger partial charge in [0, 0.05) is 31.2 Å². The molecule has 1 unspecified atom stereocenters. The molecule has 6 heteroatoms. The first-order valence-corrected chi connectivity index (χ1v) is 9.88. The lowest BCUT2D eigenvalue weighted by molar-refractivity contribution is 0.314.